The fourth-order valence-electron chi connectivity index (χ4n) is 3.05. The van der Waals surface area contributed by atoms with Crippen LogP contribution in [0.25, 0.3) is 6.08 Å². The molecule has 2 aliphatic rings. The number of hydrogen-bond donors (Lipinski definition) is 0. The average molecular weight is 359 g/mol. The number of sulfone groups is 1. The Kier molecular flexibility index (Phi) is 3.70. The van der Waals surface area contributed by atoms with Crippen molar-refractivity contribution in [2.45, 2.75) is 11.3 Å². The molecule has 2 aliphatic heterocycles. The molecule has 6 heteroatoms. The third kappa shape index (κ3) is 2.44. The molecule has 122 valence electrons. The van der Waals surface area contributed by atoms with Gasteiger partial charge < -0.3 is 4.90 Å². The molecule has 0 saturated carbocycles. The maximum absolute atomic E-state index is 13.1. The number of benzene rings is 2. The van der Waals surface area contributed by atoms with Crippen molar-refractivity contribution in [2.24, 2.45) is 4.99 Å². The molecule has 0 aromatic heterocycles. The maximum Gasteiger partial charge on any atom is 0.210 e. The maximum atomic E-state index is 13.1. The van der Waals surface area contributed by atoms with E-state index in [1.54, 1.807) is 18.2 Å². The van der Waals surface area contributed by atoms with Gasteiger partial charge in [-0.3, -0.25) is 4.99 Å². The van der Waals surface area contributed by atoms with E-state index in [0.717, 1.165) is 24.2 Å². The second-order valence-corrected chi connectivity index (χ2v) is 8.09. The lowest BCUT2D eigenvalue weighted by Crippen LogP contribution is -2.40. The Morgan fingerprint density at radius 3 is 2.58 bits per heavy atom. The molecule has 4 nitrogen and oxygen atoms in total. The lowest BCUT2D eigenvalue weighted by molar-refractivity contribution is 0.603. The van der Waals surface area contributed by atoms with E-state index in [1.165, 1.54) is 12.1 Å². The summed E-state index contributed by atoms with van der Waals surface area (Å²) in [6.07, 6.45) is 2.63. The smallest absolute Gasteiger partial charge is 0.210 e. The summed E-state index contributed by atoms with van der Waals surface area (Å²) in [5.41, 5.74) is 1.90. The Morgan fingerprint density at radius 1 is 1.04 bits per heavy atom. The van der Waals surface area contributed by atoms with E-state index in [0.29, 0.717) is 17.4 Å². The standard InChI is InChI=1S/C18H15ClN2O2S/c19-14-6-8-15(9-7-14)24(22,23)17-12-13-4-1-2-5-16(13)21-11-3-10-20-18(17)21/h1-2,4-9,12H,3,10-11H2. The molecule has 0 N–H and O–H groups in total. The van der Waals surface area contributed by atoms with Crippen LogP contribution < -0.4 is 4.90 Å². The van der Waals surface area contributed by atoms with Gasteiger partial charge in [0, 0.05) is 23.8 Å². The van der Waals surface area contributed by atoms with Crippen molar-refractivity contribution < 1.29 is 8.42 Å². The number of hydrogen-bond acceptors (Lipinski definition) is 4. The normalized spacial score (nSPS) is 16.8. The van der Waals surface area contributed by atoms with E-state index < -0.39 is 9.84 Å². The van der Waals surface area contributed by atoms with E-state index >= 15 is 0 Å². The molecule has 2 heterocycles. The van der Waals surface area contributed by atoms with E-state index in [9.17, 15) is 8.42 Å². The molecule has 24 heavy (non-hydrogen) atoms. The van der Waals surface area contributed by atoms with Gasteiger partial charge in [-0.05, 0) is 48.4 Å². The van der Waals surface area contributed by atoms with Crippen molar-refractivity contribution >= 4 is 39.0 Å². The summed E-state index contributed by atoms with van der Waals surface area (Å²) in [4.78, 5) is 6.99. The van der Waals surface area contributed by atoms with Crippen molar-refractivity contribution in [3.63, 3.8) is 0 Å². The number of nitrogens with zero attached hydrogens (tertiary/aromatic N) is 2. The number of aliphatic imine (C=N–C) groups is 1. The molecule has 0 bridgehead atoms. The monoisotopic (exact) mass is 358 g/mol. The number of amidine groups is 1. The van der Waals surface area contributed by atoms with Crippen LogP contribution in [0, 0.1) is 0 Å². The van der Waals surface area contributed by atoms with Gasteiger partial charge in [0.05, 0.1) is 4.90 Å². The van der Waals surface area contributed by atoms with Gasteiger partial charge in [-0.1, -0.05) is 29.8 Å². The second kappa shape index (κ2) is 5.76. The SMILES string of the molecule is O=S(=O)(C1=Cc2ccccc2N2CCCN=C12)c1ccc(Cl)cc1. The highest BCUT2D eigenvalue weighted by atomic mass is 35.5. The van der Waals surface area contributed by atoms with Gasteiger partial charge >= 0.3 is 0 Å². The first-order valence-electron chi connectivity index (χ1n) is 7.71. The highest BCUT2D eigenvalue weighted by Crippen LogP contribution is 2.35. The predicted molar refractivity (Wildman–Crippen MR) is 97.3 cm³/mol. The Hall–Kier alpha value is -2.11. The van der Waals surface area contributed by atoms with E-state index in [-0.39, 0.29) is 9.80 Å². The van der Waals surface area contributed by atoms with Gasteiger partial charge in [-0.2, -0.15) is 0 Å². The molecule has 0 fully saturated rings. The van der Waals surface area contributed by atoms with Crippen LogP contribution in [0.3, 0.4) is 0 Å². The van der Waals surface area contributed by atoms with Crippen molar-refractivity contribution in [2.75, 3.05) is 18.0 Å². The van der Waals surface area contributed by atoms with Gasteiger partial charge in [0.1, 0.15) is 10.7 Å². The third-order valence-corrected chi connectivity index (χ3v) is 6.23. The summed E-state index contributed by atoms with van der Waals surface area (Å²) in [7, 11) is -3.66. The zero-order valence-electron chi connectivity index (χ0n) is 12.8. The van der Waals surface area contributed by atoms with Crippen molar-refractivity contribution in [1.82, 2.24) is 0 Å². The second-order valence-electron chi connectivity index (χ2n) is 5.74. The molecular formula is C18H15ClN2O2S. The first-order chi connectivity index (χ1) is 11.6. The number of para-hydroxylation sites is 1. The number of rotatable bonds is 2. The first kappa shape index (κ1) is 15.4. The summed E-state index contributed by atoms with van der Waals surface area (Å²) in [6, 6.07) is 14.0. The lowest BCUT2D eigenvalue weighted by atomic mass is 10.1. The zero-order chi connectivity index (χ0) is 16.7. The molecule has 0 saturated heterocycles. The van der Waals surface area contributed by atoms with Crippen LogP contribution in [-0.2, 0) is 9.84 Å². The van der Waals surface area contributed by atoms with Crippen molar-refractivity contribution in [3.05, 3.63) is 64.0 Å². The third-order valence-electron chi connectivity index (χ3n) is 4.21. The largest absolute Gasteiger partial charge is 0.325 e. The number of fused-ring (bicyclic) bond motifs is 3. The van der Waals surface area contributed by atoms with Gasteiger partial charge in [-0.15, -0.1) is 0 Å². The van der Waals surface area contributed by atoms with Gasteiger partial charge in [-0.25, -0.2) is 8.42 Å². The van der Waals surface area contributed by atoms with E-state index in [1.807, 2.05) is 29.2 Å². The van der Waals surface area contributed by atoms with Gasteiger partial charge in [0.2, 0.25) is 9.84 Å². The molecule has 0 spiro atoms. The quantitative estimate of drug-likeness (QED) is 0.820. The molecule has 2 aromatic rings. The van der Waals surface area contributed by atoms with Crippen LogP contribution in [0.15, 0.2) is 63.3 Å². The number of anilines is 1. The van der Waals surface area contributed by atoms with Crippen LogP contribution >= 0.6 is 11.6 Å². The van der Waals surface area contributed by atoms with Crippen LogP contribution in [0.2, 0.25) is 5.02 Å². The summed E-state index contributed by atoms with van der Waals surface area (Å²) in [6.45, 7) is 1.41. The summed E-state index contributed by atoms with van der Waals surface area (Å²) >= 11 is 5.88. The lowest BCUT2D eigenvalue weighted by Gasteiger charge is -2.34. The fraction of sp³-hybridized carbons (Fsp3) is 0.167. The van der Waals surface area contributed by atoms with Crippen LogP contribution in [0.4, 0.5) is 5.69 Å². The summed E-state index contributed by atoms with van der Waals surface area (Å²) in [5.74, 6) is 0.537. The Bertz CT molecular complexity index is 963. The van der Waals surface area contributed by atoms with Crippen molar-refractivity contribution in [1.29, 1.82) is 0 Å². The topological polar surface area (TPSA) is 49.7 Å². The fourth-order valence-corrected chi connectivity index (χ4v) is 4.62. The molecule has 2 aromatic carbocycles. The van der Waals surface area contributed by atoms with Gasteiger partial charge in [0.15, 0.2) is 0 Å². The number of halogens is 1. The predicted octanol–water partition coefficient (Wildman–Crippen LogP) is 3.78. The minimum Gasteiger partial charge on any atom is -0.325 e. The molecule has 4 rings (SSSR count). The van der Waals surface area contributed by atoms with E-state index in [2.05, 4.69) is 4.99 Å². The van der Waals surface area contributed by atoms with Crippen molar-refractivity contribution in [3.8, 4) is 0 Å². The minimum absolute atomic E-state index is 0.228. The van der Waals surface area contributed by atoms with Crippen LogP contribution in [0.5, 0.6) is 0 Å². The van der Waals surface area contributed by atoms with Crippen LogP contribution in [0.1, 0.15) is 12.0 Å². The van der Waals surface area contributed by atoms with Crippen LogP contribution in [-0.4, -0.2) is 27.3 Å². The summed E-state index contributed by atoms with van der Waals surface area (Å²) < 4.78 is 26.3. The highest BCUT2D eigenvalue weighted by Gasteiger charge is 2.34. The molecule has 0 unspecified atom stereocenters. The minimum atomic E-state index is -3.66. The molecule has 0 aliphatic carbocycles. The Morgan fingerprint density at radius 2 is 1.79 bits per heavy atom. The molecule has 0 amide bonds. The Labute approximate surface area is 146 Å². The molecule has 0 atom stereocenters. The molecular weight excluding hydrogens is 344 g/mol. The average Bonchev–Trinajstić information content (AvgIpc) is 2.61. The first-order valence-corrected chi connectivity index (χ1v) is 9.57. The summed E-state index contributed by atoms with van der Waals surface area (Å²) in [5, 5.41) is 0.508. The Balaban J connectivity index is 1.91. The molecule has 0 radical (unpaired) electrons. The van der Waals surface area contributed by atoms with E-state index in [4.69, 9.17) is 11.6 Å². The zero-order valence-corrected chi connectivity index (χ0v) is 14.4. The van der Waals surface area contributed by atoms with Gasteiger partial charge in [0.25, 0.3) is 0 Å². The highest BCUT2D eigenvalue weighted by molar-refractivity contribution is 7.96.